The zero-order valence-electron chi connectivity index (χ0n) is 17.9. The van der Waals surface area contributed by atoms with Crippen molar-refractivity contribution >= 4 is 51.0 Å². The van der Waals surface area contributed by atoms with E-state index in [-0.39, 0.29) is 27.4 Å². The molecule has 11 heteroatoms. The number of benzene rings is 3. The lowest BCUT2D eigenvalue weighted by atomic mass is 10.2. The number of carbonyl (C=O) groups is 1. The van der Waals surface area contributed by atoms with Crippen molar-refractivity contribution in [1.29, 1.82) is 0 Å². The highest BCUT2D eigenvalue weighted by Crippen LogP contribution is 2.32. The number of ether oxygens (including phenoxy) is 2. The fourth-order valence-electron chi connectivity index (χ4n) is 3.17. The van der Waals surface area contributed by atoms with Gasteiger partial charge < -0.3 is 9.47 Å². The van der Waals surface area contributed by atoms with E-state index in [1.165, 1.54) is 36.5 Å². The normalized spacial score (nSPS) is 12.7. The van der Waals surface area contributed by atoms with Gasteiger partial charge in [0.15, 0.2) is 11.5 Å². The second-order valence-corrected chi connectivity index (χ2v) is 10.1. The maximum absolute atomic E-state index is 13.4. The summed E-state index contributed by atoms with van der Waals surface area (Å²) in [5.74, 6) is 0.533. The Bertz CT molecular complexity index is 1340. The number of sulfonamides is 1. The van der Waals surface area contributed by atoms with Crippen molar-refractivity contribution in [2.45, 2.75) is 11.8 Å². The zero-order chi connectivity index (χ0) is 24.3. The Labute approximate surface area is 206 Å². The molecule has 176 valence electrons. The third-order valence-corrected chi connectivity index (χ3v) is 7.06. The van der Waals surface area contributed by atoms with Gasteiger partial charge in [-0.25, -0.2) is 13.8 Å². The molecule has 1 heterocycles. The number of hydrogen-bond acceptors (Lipinski definition) is 6. The molecule has 1 N–H and O–H groups in total. The van der Waals surface area contributed by atoms with E-state index >= 15 is 0 Å². The molecule has 4 rings (SSSR count). The Morgan fingerprint density at radius 2 is 1.71 bits per heavy atom. The van der Waals surface area contributed by atoms with Crippen LogP contribution in [0.25, 0.3) is 0 Å². The van der Waals surface area contributed by atoms with E-state index < -0.39 is 22.5 Å². The first-order chi connectivity index (χ1) is 16.2. The van der Waals surface area contributed by atoms with Gasteiger partial charge in [0, 0.05) is 10.0 Å². The molecule has 0 fully saturated rings. The molecule has 8 nitrogen and oxygen atoms in total. The van der Waals surface area contributed by atoms with Crippen LogP contribution in [0.15, 0.2) is 70.7 Å². The summed E-state index contributed by atoms with van der Waals surface area (Å²) in [6, 6.07) is 15.8. The first-order valence-corrected chi connectivity index (χ1v) is 12.2. The number of nitrogens with zero attached hydrogens (tertiary/aromatic N) is 2. The Morgan fingerprint density at radius 1 is 1.03 bits per heavy atom. The molecule has 0 aliphatic carbocycles. The first-order valence-electron chi connectivity index (χ1n) is 9.99. The van der Waals surface area contributed by atoms with Crippen LogP contribution < -0.4 is 19.2 Å². The van der Waals surface area contributed by atoms with Crippen molar-refractivity contribution in [1.82, 2.24) is 5.43 Å². The zero-order valence-corrected chi connectivity index (χ0v) is 20.2. The predicted molar refractivity (Wildman–Crippen MR) is 130 cm³/mol. The van der Waals surface area contributed by atoms with Crippen molar-refractivity contribution in [3.8, 4) is 11.5 Å². The van der Waals surface area contributed by atoms with Gasteiger partial charge in [0.05, 0.1) is 16.8 Å². The van der Waals surface area contributed by atoms with Crippen LogP contribution in [0.1, 0.15) is 11.1 Å². The van der Waals surface area contributed by atoms with Crippen LogP contribution in [0.4, 0.5) is 5.69 Å². The minimum absolute atomic E-state index is 0.0193. The second kappa shape index (κ2) is 9.92. The van der Waals surface area contributed by atoms with Crippen LogP contribution in [0.3, 0.4) is 0 Å². The molecule has 1 aliphatic heterocycles. The molecule has 1 aliphatic rings. The second-order valence-electron chi connectivity index (χ2n) is 7.36. The van der Waals surface area contributed by atoms with Gasteiger partial charge in [-0.15, -0.1) is 0 Å². The fourth-order valence-corrected chi connectivity index (χ4v) is 5.09. The Morgan fingerprint density at radius 3 is 2.41 bits per heavy atom. The molecule has 0 radical (unpaired) electrons. The molecule has 0 saturated carbocycles. The molecule has 0 atom stereocenters. The molecule has 0 aromatic heterocycles. The van der Waals surface area contributed by atoms with E-state index in [9.17, 15) is 13.2 Å². The van der Waals surface area contributed by atoms with Crippen molar-refractivity contribution in [3.05, 3.63) is 81.8 Å². The number of halogens is 2. The van der Waals surface area contributed by atoms with Gasteiger partial charge in [0.1, 0.15) is 6.54 Å². The number of aryl methyl sites for hydroxylation is 1. The van der Waals surface area contributed by atoms with E-state index in [1.807, 2.05) is 6.92 Å². The number of fused-ring (bicyclic) bond motifs is 1. The van der Waals surface area contributed by atoms with Crippen LogP contribution in [0.5, 0.6) is 11.5 Å². The summed E-state index contributed by atoms with van der Waals surface area (Å²) in [4.78, 5) is 12.7. The first kappa shape index (κ1) is 23.9. The van der Waals surface area contributed by atoms with Crippen LogP contribution >= 0.6 is 23.2 Å². The molecule has 0 spiro atoms. The average Bonchev–Trinajstić information content (AvgIpc) is 3.25. The topological polar surface area (TPSA) is 97.3 Å². The quantitative estimate of drug-likeness (QED) is 0.369. The van der Waals surface area contributed by atoms with Crippen LogP contribution in [-0.4, -0.2) is 33.9 Å². The Kier molecular flexibility index (Phi) is 6.97. The van der Waals surface area contributed by atoms with Crippen molar-refractivity contribution in [2.24, 2.45) is 5.10 Å². The molecule has 0 bridgehead atoms. The summed E-state index contributed by atoms with van der Waals surface area (Å²) in [6.07, 6.45) is 1.41. The minimum atomic E-state index is -4.11. The number of anilines is 1. The number of amides is 1. The molecule has 3 aromatic rings. The van der Waals surface area contributed by atoms with Gasteiger partial charge in [0.25, 0.3) is 15.9 Å². The number of carbonyl (C=O) groups excluding carboxylic acids is 1. The SMILES string of the molecule is Cc1ccc(S(=O)(=O)N(CC(=O)N/N=C\c2ccc3c(c2)OCO3)c2cc(Cl)cc(Cl)c2)cc1. The predicted octanol–water partition coefficient (Wildman–Crippen LogP) is 4.38. The highest BCUT2D eigenvalue weighted by atomic mass is 35.5. The minimum Gasteiger partial charge on any atom is -0.454 e. The number of hydrogen-bond donors (Lipinski definition) is 1. The summed E-state index contributed by atoms with van der Waals surface area (Å²) in [7, 11) is -4.11. The van der Waals surface area contributed by atoms with E-state index in [0.717, 1.165) is 9.87 Å². The largest absolute Gasteiger partial charge is 0.454 e. The maximum atomic E-state index is 13.4. The lowest BCUT2D eigenvalue weighted by Gasteiger charge is -2.24. The van der Waals surface area contributed by atoms with Crippen LogP contribution in [0.2, 0.25) is 10.0 Å². The van der Waals surface area contributed by atoms with Gasteiger partial charge in [0.2, 0.25) is 6.79 Å². The van der Waals surface area contributed by atoms with Crippen LogP contribution in [-0.2, 0) is 14.8 Å². The summed E-state index contributed by atoms with van der Waals surface area (Å²) < 4.78 is 38.3. The highest BCUT2D eigenvalue weighted by molar-refractivity contribution is 7.92. The third-order valence-electron chi connectivity index (χ3n) is 4.83. The Balaban J connectivity index is 1.56. The lowest BCUT2D eigenvalue weighted by molar-refractivity contribution is -0.119. The van der Waals surface area contributed by atoms with Gasteiger partial charge >= 0.3 is 0 Å². The summed E-state index contributed by atoms with van der Waals surface area (Å²) in [5.41, 5.74) is 4.05. The number of rotatable bonds is 7. The monoisotopic (exact) mass is 519 g/mol. The summed E-state index contributed by atoms with van der Waals surface area (Å²) in [6.45, 7) is 1.44. The molecule has 34 heavy (non-hydrogen) atoms. The smallest absolute Gasteiger partial charge is 0.264 e. The molecule has 1 amide bonds. The van der Waals surface area contributed by atoms with E-state index in [0.29, 0.717) is 17.1 Å². The van der Waals surface area contributed by atoms with Crippen molar-refractivity contribution < 1.29 is 22.7 Å². The Hall–Kier alpha value is -3.27. The maximum Gasteiger partial charge on any atom is 0.264 e. The highest BCUT2D eigenvalue weighted by Gasteiger charge is 2.27. The summed E-state index contributed by atoms with van der Waals surface area (Å²) >= 11 is 12.2. The van der Waals surface area contributed by atoms with Crippen molar-refractivity contribution in [3.63, 3.8) is 0 Å². The summed E-state index contributed by atoms with van der Waals surface area (Å²) in [5, 5.41) is 4.38. The lowest BCUT2D eigenvalue weighted by Crippen LogP contribution is -2.39. The van der Waals surface area contributed by atoms with Crippen molar-refractivity contribution in [2.75, 3.05) is 17.6 Å². The van der Waals surface area contributed by atoms with Crippen LogP contribution in [0, 0.1) is 6.92 Å². The van der Waals surface area contributed by atoms with E-state index in [2.05, 4.69) is 10.5 Å². The fraction of sp³-hybridized carbons (Fsp3) is 0.130. The van der Waals surface area contributed by atoms with Gasteiger partial charge in [-0.05, 0) is 61.0 Å². The molecular formula is C23H19Cl2N3O5S. The molecule has 0 unspecified atom stereocenters. The van der Waals surface area contributed by atoms with E-state index in [1.54, 1.807) is 30.3 Å². The standard InChI is InChI=1S/C23H19Cl2N3O5S/c1-15-2-5-20(6-3-15)34(30,31)28(19-10-17(24)9-18(25)11-19)13-23(29)27-26-12-16-4-7-21-22(8-16)33-14-32-21/h2-12H,13-14H2,1H3,(H,27,29)/b26-12-. The molecular weight excluding hydrogens is 501 g/mol. The van der Waals surface area contributed by atoms with Gasteiger partial charge in [-0.2, -0.15) is 5.10 Å². The molecule has 0 saturated heterocycles. The van der Waals surface area contributed by atoms with Gasteiger partial charge in [-0.1, -0.05) is 40.9 Å². The number of hydrazone groups is 1. The average molecular weight is 520 g/mol. The van der Waals surface area contributed by atoms with E-state index in [4.69, 9.17) is 32.7 Å². The molecule has 3 aromatic carbocycles. The van der Waals surface area contributed by atoms with Gasteiger partial charge in [-0.3, -0.25) is 9.10 Å². The third kappa shape index (κ3) is 5.44. The number of nitrogens with one attached hydrogen (secondary N) is 1.